The molecule has 0 unspecified atom stereocenters. The normalized spacial score (nSPS) is 9.95. The molecule has 1 rings (SSSR count). The monoisotopic (exact) mass is 375 g/mol. The number of rotatable bonds is 7. The Kier molecular flexibility index (Phi) is 7.24. The molecule has 6 heteroatoms. The zero-order chi connectivity index (χ0) is 14.1. The molecule has 1 aromatic carbocycles. The zero-order valence-electron chi connectivity index (χ0n) is 10.6. The molecule has 104 valence electrons. The highest BCUT2D eigenvalue weighted by atomic mass is 127. The van der Waals surface area contributed by atoms with Gasteiger partial charge in [0, 0.05) is 22.2 Å². The predicted molar refractivity (Wildman–Crippen MR) is 83.8 cm³/mol. The van der Waals surface area contributed by atoms with Gasteiger partial charge in [0.15, 0.2) is 0 Å². The van der Waals surface area contributed by atoms with E-state index in [9.17, 15) is 9.59 Å². The number of hydrogen-bond acceptors (Lipinski definition) is 2. The lowest BCUT2D eigenvalue weighted by Crippen LogP contribution is -2.29. The SMILES string of the molecule is NC(=O)NCCCCCC(=O)Nc1ccc(I)cc1. The molecule has 3 amide bonds. The average molecular weight is 375 g/mol. The summed E-state index contributed by atoms with van der Waals surface area (Å²) in [5, 5.41) is 5.36. The second-order valence-electron chi connectivity index (χ2n) is 4.16. The van der Waals surface area contributed by atoms with Crippen molar-refractivity contribution in [1.82, 2.24) is 5.32 Å². The summed E-state index contributed by atoms with van der Waals surface area (Å²) in [4.78, 5) is 22.0. The van der Waals surface area contributed by atoms with Gasteiger partial charge < -0.3 is 16.4 Å². The summed E-state index contributed by atoms with van der Waals surface area (Å²) in [5.74, 6) is 0.0177. The number of nitrogens with one attached hydrogen (secondary N) is 2. The number of carbonyl (C=O) groups excluding carboxylic acids is 2. The van der Waals surface area contributed by atoms with Crippen LogP contribution in [0.5, 0.6) is 0 Å². The molecular weight excluding hydrogens is 357 g/mol. The second kappa shape index (κ2) is 8.73. The van der Waals surface area contributed by atoms with Crippen LogP contribution in [0.1, 0.15) is 25.7 Å². The van der Waals surface area contributed by atoms with Crippen LogP contribution in [-0.4, -0.2) is 18.5 Å². The van der Waals surface area contributed by atoms with Gasteiger partial charge in [-0.05, 0) is 59.7 Å². The molecule has 0 spiro atoms. The van der Waals surface area contributed by atoms with Crippen LogP contribution in [0.25, 0.3) is 0 Å². The van der Waals surface area contributed by atoms with E-state index >= 15 is 0 Å². The summed E-state index contributed by atoms with van der Waals surface area (Å²) in [7, 11) is 0. The van der Waals surface area contributed by atoms with Gasteiger partial charge in [0.25, 0.3) is 0 Å². The van der Waals surface area contributed by atoms with Crippen molar-refractivity contribution in [3.05, 3.63) is 27.8 Å². The van der Waals surface area contributed by atoms with E-state index in [-0.39, 0.29) is 5.91 Å². The first-order valence-electron chi connectivity index (χ1n) is 6.16. The van der Waals surface area contributed by atoms with Crippen LogP contribution >= 0.6 is 22.6 Å². The van der Waals surface area contributed by atoms with Crippen LogP contribution in [-0.2, 0) is 4.79 Å². The van der Waals surface area contributed by atoms with Gasteiger partial charge in [0.05, 0.1) is 0 Å². The number of unbranched alkanes of at least 4 members (excludes halogenated alkanes) is 2. The maximum atomic E-state index is 11.6. The third-order valence-electron chi connectivity index (χ3n) is 2.51. The molecule has 0 fully saturated rings. The fourth-order valence-electron chi connectivity index (χ4n) is 1.56. The molecule has 1 aromatic rings. The van der Waals surface area contributed by atoms with E-state index in [1.807, 2.05) is 24.3 Å². The Balaban J connectivity index is 2.11. The topological polar surface area (TPSA) is 84.2 Å². The zero-order valence-corrected chi connectivity index (χ0v) is 12.8. The van der Waals surface area contributed by atoms with Crippen LogP contribution in [0.4, 0.5) is 10.5 Å². The maximum Gasteiger partial charge on any atom is 0.312 e. The Morgan fingerprint density at radius 1 is 1.11 bits per heavy atom. The Morgan fingerprint density at radius 2 is 1.79 bits per heavy atom. The fourth-order valence-corrected chi connectivity index (χ4v) is 1.92. The van der Waals surface area contributed by atoms with Gasteiger partial charge >= 0.3 is 6.03 Å². The summed E-state index contributed by atoms with van der Waals surface area (Å²) < 4.78 is 1.14. The standard InChI is InChI=1S/C13H18IN3O2/c14-10-5-7-11(8-6-10)17-12(18)4-2-1-3-9-16-13(15)19/h5-8H,1-4,9H2,(H,17,18)(H3,15,16,19). The molecule has 19 heavy (non-hydrogen) atoms. The van der Waals surface area contributed by atoms with Crippen LogP contribution in [0.2, 0.25) is 0 Å². The number of amides is 3. The van der Waals surface area contributed by atoms with E-state index in [1.54, 1.807) is 0 Å². The predicted octanol–water partition coefficient (Wildman–Crippen LogP) is 2.46. The van der Waals surface area contributed by atoms with Crippen LogP contribution in [0.3, 0.4) is 0 Å². The first-order valence-corrected chi connectivity index (χ1v) is 7.24. The summed E-state index contributed by atoms with van der Waals surface area (Å²) >= 11 is 2.22. The number of hydrogen-bond donors (Lipinski definition) is 3. The number of carbonyl (C=O) groups is 2. The average Bonchev–Trinajstić information content (AvgIpc) is 2.36. The molecule has 0 radical (unpaired) electrons. The largest absolute Gasteiger partial charge is 0.352 e. The van der Waals surface area contributed by atoms with Gasteiger partial charge in [0.1, 0.15) is 0 Å². The lowest BCUT2D eigenvalue weighted by molar-refractivity contribution is -0.116. The number of halogens is 1. The van der Waals surface area contributed by atoms with Crippen molar-refractivity contribution in [3.63, 3.8) is 0 Å². The van der Waals surface area contributed by atoms with E-state index in [1.165, 1.54) is 0 Å². The third kappa shape index (κ3) is 7.66. The number of anilines is 1. The number of urea groups is 1. The molecule has 0 aliphatic rings. The minimum Gasteiger partial charge on any atom is -0.352 e. The summed E-state index contributed by atoms with van der Waals surface area (Å²) in [5.41, 5.74) is 5.76. The van der Waals surface area contributed by atoms with E-state index in [0.29, 0.717) is 13.0 Å². The van der Waals surface area contributed by atoms with E-state index in [2.05, 4.69) is 33.2 Å². The van der Waals surface area contributed by atoms with Crippen molar-refractivity contribution in [1.29, 1.82) is 0 Å². The molecule has 0 bridgehead atoms. The van der Waals surface area contributed by atoms with E-state index in [4.69, 9.17) is 5.73 Å². The van der Waals surface area contributed by atoms with Crippen molar-refractivity contribution < 1.29 is 9.59 Å². The van der Waals surface area contributed by atoms with Crippen LogP contribution < -0.4 is 16.4 Å². The van der Waals surface area contributed by atoms with Crippen molar-refractivity contribution in [2.75, 3.05) is 11.9 Å². The van der Waals surface area contributed by atoms with Gasteiger partial charge in [-0.1, -0.05) is 6.42 Å². The molecule has 0 saturated carbocycles. The Morgan fingerprint density at radius 3 is 2.42 bits per heavy atom. The van der Waals surface area contributed by atoms with Gasteiger partial charge in [-0.2, -0.15) is 0 Å². The molecule has 0 aromatic heterocycles. The summed E-state index contributed by atoms with van der Waals surface area (Å²) in [6, 6.07) is 7.17. The van der Waals surface area contributed by atoms with Gasteiger partial charge in [-0.15, -0.1) is 0 Å². The quantitative estimate of drug-likeness (QED) is 0.505. The lowest BCUT2D eigenvalue weighted by atomic mass is 10.2. The van der Waals surface area contributed by atoms with Crippen molar-refractivity contribution >= 4 is 40.2 Å². The molecule has 0 saturated heterocycles. The first kappa shape index (κ1) is 15.7. The minimum atomic E-state index is -0.503. The summed E-state index contributed by atoms with van der Waals surface area (Å²) in [6.45, 7) is 0.564. The first-order chi connectivity index (χ1) is 9.08. The van der Waals surface area contributed by atoms with Gasteiger partial charge in [-0.25, -0.2) is 4.79 Å². The Hall–Kier alpha value is -1.31. The Labute approximate surface area is 126 Å². The third-order valence-corrected chi connectivity index (χ3v) is 3.23. The highest BCUT2D eigenvalue weighted by Crippen LogP contribution is 2.11. The van der Waals surface area contributed by atoms with Crippen molar-refractivity contribution in [3.8, 4) is 0 Å². The molecule has 4 N–H and O–H groups in total. The molecule has 5 nitrogen and oxygen atoms in total. The van der Waals surface area contributed by atoms with Gasteiger partial charge in [-0.3, -0.25) is 4.79 Å². The molecule has 0 atom stereocenters. The Bertz CT molecular complexity index is 420. The van der Waals surface area contributed by atoms with Crippen LogP contribution in [0.15, 0.2) is 24.3 Å². The molecule has 0 aliphatic carbocycles. The smallest absolute Gasteiger partial charge is 0.312 e. The fraction of sp³-hybridized carbons (Fsp3) is 0.385. The highest BCUT2D eigenvalue weighted by Gasteiger charge is 2.02. The molecule has 0 aliphatic heterocycles. The van der Waals surface area contributed by atoms with Crippen molar-refractivity contribution in [2.24, 2.45) is 5.73 Å². The maximum absolute atomic E-state index is 11.6. The number of nitrogens with two attached hydrogens (primary N) is 1. The summed E-state index contributed by atoms with van der Waals surface area (Å²) in [6.07, 6.45) is 3.01. The molecule has 0 heterocycles. The highest BCUT2D eigenvalue weighted by molar-refractivity contribution is 14.1. The van der Waals surface area contributed by atoms with Crippen LogP contribution in [0, 0.1) is 3.57 Å². The van der Waals surface area contributed by atoms with Crippen molar-refractivity contribution in [2.45, 2.75) is 25.7 Å². The second-order valence-corrected chi connectivity index (χ2v) is 5.40. The number of primary amides is 1. The lowest BCUT2D eigenvalue weighted by Gasteiger charge is -2.05. The van der Waals surface area contributed by atoms with E-state index < -0.39 is 6.03 Å². The van der Waals surface area contributed by atoms with Gasteiger partial charge in [0.2, 0.25) is 5.91 Å². The minimum absolute atomic E-state index is 0.0177. The number of benzene rings is 1. The van der Waals surface area contributed by atoms with E-state index in [0.717, 1.165) is 28.5 Å². The molecular formula is C13H18IN3O2.